The molecular weight excluding hydrogens is 158 g/mol. The lowest BCUT2D eigenvalue weighted by Gasteiger charge is -2.18. The lowest BCUT2D eigenvalue weighted by Crippen LogP contribution is -2.30. The summed E-state index contributed by atoms with van der Waals surface area (Å²) < 4.78 is 5.01. The van der Waals surface area contributed by atoms with Gasteiger partial charge in [-0.1, -0.05) is 0 Å². The van der Waals surface area contributed by atoms with Crippen LogP contribution < -0.4 is 0 Å². The Bertz CT molecular complexity index is 160. The number of likely N-dealkylation sites (N-methyl/N-ethyl adjacent to an activating group) is 1. The molecule has 0 aliphatic carbocycles. The van der Waals surface area contributed by atoms with E-state index in [1.165, 1.54) is 6.42 Å². The normalized spacial score (nSPS) is 24.6. The second-order valence-electron chi connectivity index (χ2n) is 3.19. The molecule has 1 rings (SSSR count). The zero-order chi connectivity index (χ0) is 8.97. The van der Waals surface area contributed by atoms with Gasteiger partial charge in [-0.15, -0.1) is 0 Å². The topological polar surface area (TPSA) is 49.8 Å². The number of ether oxygens (including phenoxy) is 1. The molecule has 0 spiro atoms. The van der Waals surface area contributed by atoms with Crippen molar-refractivity contribution < 1.29 is 14.6 Å². The van der Waals surface area contributed by atoms with Crippen LogP contribution in [0.1, 0.15) is 12.8 Å². The molecular formula is C8H15NO3. The first kappa shape index (κ1) is 9.48. The fraction of sp³-hybridized carbons (Fsp3) is 0.875. The first-order valence-corrected chi connectivity index (χ1v) is 4.20. The van der Waals surface area contributed by atoms with Crippen molar-refractivity contribution in [2.24, 2.45) is 0 Å². The molecule has 1 heterocycles. The summed E-state index contributed by atoms with van der Waals surface area (Å²) in [5, 5.41) is 8.31. The van der Waals surface area contributed by atoms with E-state index < -0.39 is 5.97 Å². The number of carboxylic acid groups (broad SMARTS) is 1. The molecule has 0 bridgehead atoms. The Morgan fingerprint density at radius 2 is 2.50 bits per heavy atom. The van der Waals surface area contributed by atoms with Crippen LogP contribution in [0.15, 0.2) is 0 Å². The van der Waals surface area contributed by atoms with Gasteiger partial charge in [-0.2, -0.15) is 0 Å². The van der Waals surface area contributed by atoms with Crippen LogP contribution >= 0.6 is 0 Å². The summed E-state index contributed by atoms with van der Waals surface area (Å²) in [6.45, 7) is 1.47. The van der Waals surface area contributed by atoms with Gasteiger partial charge in [0.15, 0.2) is 0 Å². The Morgan fingerprint density at radius 1 is 1.75 bits per heavy atom. The maximum atomic E-state index is 10.1. The molecule has 70 valence electrons. The van der Waals surface area contributed by atoms with Crippen LogP contribution in [0.25, 0.3) is 0 Å². The number of hydrogen-bond acceptors (Lipinski definition) is 3. The van der Waals surface area contributed by atoms with Gasteiger partial charge in [0.2, 0.25) is 0 Å². The fourth-order valence-electron chi connectivity index (χ4n) is 1.47. The van der Waals surface area contributed by atoms with Crippen molar-refractivity contribution in [3.63, 3.8) is 0 Å². The summed E-state index contributed by atoms with van der Waals surface area (Å²) in [5.74, 6) is -0.893. The van der Waals surface area contributed by atoms with E-state index in [0.29, 0.717) is 12.6 Å². The number of hydrogen-bond donors (Lipinski definition) is 1. The molecule has 1 unspecified atom stereocenters. The number of likely N-dealkylation sites (tertiary alicyclic amines) is 1. The van der Waals surface area contributed by atoms with E-state index in [4.69, 9.17) is 9.84 Å². The van der Waals surface area contributed by atoms with E-state index in [1.54, 1.807) is 0 Å². The zero-order valence-corrected chi connectivity index (χ0v) is 7.32. The summed E-state index contributed by atoms with van der Waals surface area (Å²) >= 11 is 0. The lowest BCUT2D eigenvalue weighted by atomic mass is 10.2. The molecule has 1 N–H and O–H groups in total. The van der Waals surface area contributed by atoms with E-state index in [1.807, 2.05) is 7.05 Å². The number of nitrogens with zero attached hydrogens (tertiary/aromatic N) is 1. The molecule has 0 radical (unpaired) electrons. The minimum atomic E-state index is -0.893. The van der Waals surface area contributed by atoms with Gasteiger partial charge >= 0.3 is 5.97 Å². The monoisotopic (exact) mass is 173 g/mol. The highest BCUT2D eigenvalue weighted by Crippen LogP contribution is 2.14. The molecule has 12 heavy (non-hydrogen) atoms. The Kier molecular flexibility index (Phi) is 3.49. The quantitative estimate of drug-likeness (QED) is 0.659. The maximum Gasteiger partial charge on any atom is 0.329 e. The number of carbonyl (C=O) groups is 1. The van der Waals surface area contributed by atoms with Crippen LogP contribution in [0, 0.1) is 0 Å². The molecule has 1 aliphatic rings. The van der Waals surface area contributed by atoms with E-state index in [9.17, 15) is 4.79 Å². The van der Waals surface area contributed by atoms with E-state index in [2.05, 4.69) is 4.90 Å². The van der Waals surface area contributed by atoms with Gasteiger partial charge in [-0.05, 0) is 26.4 Å². The highest BCUT2D eigenvalue weighted by molar-refractivity contribution is 5.67. The summed E-state index contributed by atoms with van der Waals surface area (Å²) in [4.78, 5) is 12.3. The van der Waals surface area contributed by atoms with Crippen molar-refractivity contribution >= 4 is 5.97 Å². The average molecular weight is 173 g/mol. The molecule has 0 amide bonds. The van der Waals surface area contributed by atoms with Crippen molar-refractivity contribution in [1.82, 2.24) is 4.90 Å². The van der Waals surface area contributed by atoms with Gasteiger partial charge in [0.1, 0.15) is 6.61 Å². The minimum absolute atomic E-state index is 0.176. The minimum Gasteiger partial charge on any atom is -0.480 e. The summed E-state index contributed by atoms with van der Waals surface area (Å²) in [7, 11) is 2.04. The Labute approximate surface area is 72.1 Å². The van der Waals surface area contributed by atoms with Gasteiger partial charge in [0, 0.05) is 6.04 Å². The number of carboxylic acids is 1. The van der Waals surface area contributed by atoms with Crippen molar-refractivity contribution in [2.75, 3.05) is 26.8 Å². The van der Waals surface area contributed by atoms with Gasteiger partial charge in [-0.25, -0.2) is 4.79 Å². The van der Waals surface area contributed by atoms with Gasteiger partial charge < -0.3 is 14.7 Å². The van der Waals surface area contributed by atoms with Crippen LogP contribution in [0.3, 0.4) is 0 Å². The SMILES string of the molecule is CN1CCCC1COCC(=O)O. The largest absolute Gasteiger partial charge is 0.480 e. The number of rotatable bonds is 4. The molecule has 0 aromatic rings. The van der Waals surface area contributed by atoms with Crippen LogP contribution in [0.5, 0.6) is 0 Å². The molecule has 4 heteroatoms. The zero-order valence-electron chi connectivity index (χ0n) is 7.32. The van der Waals surface area contributed by atoms with E-state index in [-0.39, 0.29) is 6.61 Å². The van der Waals surface area contributed by atoms with Crippen molar-refractivity contribution in [2.45, 2.75) is 18.9 Å². The fourth-order valence-corrected chi connectivity index (χ4v) is 1.47. The highest BCUT2D eigenvalue weighted by atomic mass is 16.5. The molecule has 4 nitrogen and oxygen atoms in total. The highest BCUT2D eigenvalue weighted by Gasteiger charge is 2.20. The molecule has 0 saturated carbocycles. The predicted octanol–water partition coefficient (Wildman–Crippen LogP) is 0.182. The van der Waals surface area contributed by atoms with Crippen LogP contribution in [-0.4, -0.2) is 48.8 Å². The summed E-state index contributed by atoms with van der Waals surface area (Å²) in [5.41, 5.74) is 0. The molecule has 1 atom stereocenters. The summed E-state index contributed by atoms with van der Waals surface area (Å²) in [6.07, 6.45) is 2.31. The van der Waals surface area contributed by atoms with Crippen LogP contribution in [0.2, 0.25) is 0 Å². The second-order valence-corrected chi connectivity index (χ2v) is 3.19. The predicted molar refractivity (Wildman–Crippen MR) is 44.1 cm³/mol. The first-order valence-electron chi connectivity index (χ1n) is 4.20. The van der Waals surface area contributed by atoms with Crippen molar-refractivity contribution in [1.29, 1.82) is 0 Å². The van der Waals surface area contributed by atoms with E-state index >= 15 is 0 Å². The smallest absolute Gasteiger partial charge is 0.329 e. The molecule has 0 aromatic carbocycles. The third-order valence-electron chi connectivity index (χ3n) is 2.21. The summed E-state index contributed by atoms with van der Waals surface area (Å²) in [6, 6.07) is 0.421. The van der Waals surface area contributed by atoms with Gasteiger partial charge in [0.25, 0.3) is 0 Å². The third-order valence-corrected chi connectivity index (χ3v) is 2.21. The molecule has 0 aromatic heterocycles. The van der Waals surface area contributed by atoms with Gasteiger partial charge in [0.05, 0.1) is 6.61 Å². The van der Waals surface area contributed by atoms with Gasteiger partial charge in [-0.3, -0.25) is 0 Å². The van der Waals surface area contributed by atoms with Crippen LogP contribution in [-0.2, 0) is 9.53 Å². The lowest BCUT2D eigenvalue weighted by molar-refractivity contribution is -0.142. The average Bonchev–Trinajstić information content (AvgIpc) is 2.36. The third kappa shape index (κ3) is 2.79. The van der Waals surface area contributed by atoms with E-state index in [0.717, 1.165) is 13.0 Å². The number of aliphatic carboxylic acids is 1. The molecule has 1 fully saturated rings. The maximum absolute atomic E-state index is 10.1. The van der Waals surface area contributed by atoms with Crippen LogP contribution in [0.4, 0.5) is 0 Å². The Hall–Kier alpha value is -0.610. The standard InChI is InChI=1S/C8H15NO3/c1-9-4-2-3-7(9)5-12-6-8(10)11/h7H,2-6H2,1H3,(H,10,11). The van der Waals surface area contributed by atoms with Crippen molar-refractivity contribution in [3.8, 4) is 0 Å². The molecule has 1 aliphatic heterocycles. The second kappa shape index (κ2) is 4.42. The first-order chi connectivity index (χ1) is 5.70. The Balaban J connectivity index is 2.10. The Morgan fingerprint density at radius 3 is 3.00 bits per heavy atom. The molecule has 1 saturated heterocycles. The van der Waals surface area contributed by atoms with Crippen molar-refractivity contribution in [3.05, 3.63) is 0 Å².